The molecule has 0 aliphatic carbocycles. The van der Waals surface area contributed by atoms with Crippen LogP contribution in [-0.4, -0.2) is 20.9 Å². The molecule has 2 atom stereocenters. The lowest BCUT2D eigenvalue weighted by Crippen LogP contribution is -2.22. The predicted molar refractivity (Wildman–Crippen MR) is 68.1 cm³/mol. The molecular formula is C14H16FN3O. The molecule has 0 N–H and O–H groups in total. The van der Waals surface area contributed by atoms with Gasteiger partial charge in [-0.3, -0.25) is 0 Å². The second-order valence-electron chi connectivity index (χ2n) is 5.16. The molecule has 1 saturated heterocycles. The second-order valence-corrected chi connectivity index (χ2v) is 5.16. The van der Waals surface area contributed by atoms with Gasteiger partial charge in [0, 0.05) is 0 Å². The highest BCUT2D eigenvalue weighted by Gasteiger charge is 2.56. The van der Waals surface area contributed by atoms with E-state index in [0.717, 1.165) is 11.1 Å². The van der Waals surface area contributed by atoms with Crippen molar-refractivity contribution in [2.24, 2.45) is 0 Å². The smallest absolute Gasteiger partial charge is 0.139 e. The number of ether oxygens (including phenoxy) is 1. The molecule has 0 unspecified atom stereocenters. The summed E-state index contributed by atoms with van der Waals surface area (Å²) in [4.78, 5) is 3.93. The fraction of sp³-hybridized carbons (Fsp3) is 0.429. The number of benzene rings is 1. The number of epoxide rings is 1. The van der Waals surface area contributed by atoms with E-state index in [1.54, 1.807) is 24.0 Å². The highest BCUT2D eigenvalue weighted by Crippen LogP contribution is 2.48. The van der Waals surface area contributed by atoms with Gasteiger partial charge in [0.2, 0.25) is 0 Å². The minimum Gasteiger partial charge on any atom is -0.359 e. The van der Waals surface area contributed by atoms with Gasteiger partial charge in [-0.1, -0.05) is 6.07 Å². The summed E-state index contributed by atoms with van der Waals surface area (Å²) in [5.74, 6) is -0.193. The molecule has 1 aliphatic heterocycles. The van der Waals surface area contributed by atoms with Crippen LogP contribution in [0.4, 0.5) is 4.39 Å². The molecule has 0 saturated carbocycles. The molecule has 0 radical (unpaired) electrons. The van der Waals surface area contributed by atoms with Crippen molar-refractivity contribution < 1.29 is 9.13 Å². The molecule has 3 rings (SSSR count). The maximum absolute atomic E-state index is 13.8. The summed E-state index contributed by atoms with van der Waals surface area (Å²) in [5.41, 5.74) is 2.12. The molecule has 1 aromatic heterocycles. The Hall–Kier alpha value is -1.75. The van der Waals surface area contributed by atoms with E-state index in [0.29, 0.717) is 12.1 Å². The normalized spacial score (nSPS) is 25.6. The summed E-state index contributed by atoms with van der Waals surface area (Å²) in [6.07, 6.45) is 3.19. The van der Waals surface area contributed by atoms with E-state index in [1.165, 1.54) is 6.33 Å². The number of hydrogen-bond acceptors (Lipinski definition) is 3. The first kappa shape index (κ1) is 12.3. The summed E-state index contributed by atoms with van der Waals surface area (Å²) in [6.45, 7) is 6.30. The van der Waals surface area contributed by atoms with Crippen LogP contribution in [0.2, 0.25) is 0 Å². The van der Waals surface area contributed by atoms with Gasteiger partial charge in [-0.05, 0) is 43.5 Å². The van der Waals surface area contributed by atoms with E-state index in [-0.39, 0.29) is 11.9 Å². The number of hydrogen-bond donors (Lipinski definition) is 0. The van der Waals surface area contributed by atoms with Crippen molar-refractivity contribution in [3.8, 4) is 0 Å². The van der Waals surface area contributed by atoms with Crippen molar-refractivity contribution in [1.29, 1.82) is 0 Å². The zero-order chi connectivity index (χ0) is 13.6. The number of halogens is 1. The number of aryl methyl sites for hydroxylation is 2. The molecule has 5 heteroatoms. The molecule has 19 heavy (non-hydrogen) atoms. The third-order valence-electron chi connectivity index (χ3n) is 3.81. The molecule has 4 nitrogen and oxygen atoms in total. The molecule has 0 amide bonds. The van der Waals surface area contributed by atoms with Gasteiger partial charge in [-0.25, -0.2) is 14.1 Å². The lowest BCUT2D eigenvalue weighted by Gasteiger charge is -2.16. The third kappa shape index (κ3) is 1.94. The molecule has 100 valence electrons. The van der Waals surface area contributed by atoms with E-state index < -0.39 is 5.60 Å². The van der Waals surface area contributed by atoms with E-state index in [1.807, 2.05) is 19.9 Å². The van der Waals surface area contributed by atoms with Crippen LogP contribution in [0.3, 0.4) is 0 Å². The zero-order valence-electron chi connectivity index (χ0n) is 11.2. The van der Waals surface area contributed by atoms with Crippen LogP contribution < -0.4 is 0 Å². The third-order valence-corrected chi connectivity index (χ3v) is 3.81. The standard InChI is InChI=1S/C14H16FN3O/c1-9-4-10(2)13(15)5-12(9)14(11(3)19-14)6-18-8-16-7-17-18/h4-5,7-8,11H,6H2,1-3H3/t11-,14+/m0/s1. The minimum atomic E-state index is -0.480. The van der Waals surface area contributed by atoms with E-state index in [9.17, 15) is 4.39 Å². The minimum absolute atomic E-state index is 0.0532. The first-order valence-corrected chi connectivity index (χ1v) is 6.30. The maximum atomic E-state index is 13.8. The Balaban J connectivity index is 2.01. The van der Waals surface area contributed by atoms with Gasteiger partial charge in [0.05, 0.1) is 12.6 Å². The Morgan fingerprint density at radius 1 is 1.37 bits per heavy atom. The Bertz CT molecular complexity index is 611. The summed E-state index contributed by atoms with van der Waals surface area (Å²) in [5, 5.41) is 4.10. The van der Waals surface area contributed by atoms with Gasteiger partial charge in [-0.15, -0.1) is 0 Å². The van der Waals surface area contributed by atoms with Crippen LogP contribution in [0, 0.1) is 19.7 Å². The molecule has 2 aromatic rings. The largest absolute Gasteiger partial charge is 0.359 e. The molecule has 1 aliphatic rings. The van der Waals surface area contributed by atoms with Crippen molar-refractivity contribution in [3.63, 3.8) is 0 Å². The number of aromatic nitrogens is 3. The average molecular weight is 261 g/mol. The summed E-state index contributed by atoms with van der Waals surface area (Å²) in [6, 6.07) is 3.45. The van der Waals surface area contributed by atoms with E-state index in [2.05, 4.69) is 10.1 Å². The lowest BCUT2D eigenvalue weighted by molar-refractivity contribution is 0.262. The van der Waals surface area contributed by atoms with Crippen LogP contribution in [0.5, 0.6) is 0 Å². The molecule has 1 fully saturated rings. The number of nitrogens with zero attached hydrogens (tertiary/aromatic N) is 3. The predicted octanol–water partition coefficient (Wildman–Crippen LogP) is 2.35. The molecule has 0 bridgehead atoms. The average Bonchev–Trinajstić information content (AvgIpc) is 2.76. The molecule has 1 aromatic carbocycles. The van der Waals surface area contributed by atoms with Crippen LogP contribution in [0.25, 0.3) is 0 Å². The topological polar surface area (TPSA) is 43.2 Å². The first-order chi connectivity index (χ1) is 9.03. The fourth-order valence-corrected chi connectivity index (χ4v) is 2.65. The quantitative estimate of drug-likeness (QED) is 0.796. The van der Waals surface area contributed by atoms with Gasteiger partial charge in [-0.2, -0.15) is 5.10 Å². The van der Waals surface area contributed by atoms with Crippen LogP contribution in [0.15, 0.2) is 24.8 Å². The van der Waals surface area contributed by atoms with Crippen molar-refractivity contribution in [2.75, 3.05) is 0 Å². The van der Waals surface area contributed by atoms with Gasteiger partial charge >= 0.3 is 0 Å². The van der Waals surface area contributed by atoms with Crippen molar-refractivity contribution in [2.45, 2.75) is 39.0 Å². The summed E-state index contributed by atoms with van der Waals surface area (Å²) < 4.78 is 21.3. The number of rotatable bonds is 3. The lowest BCUT2D eigenvalue weighted by atomic mass is 9.90. The van der Waals surface area contributed by atoms with Crippen LogP contribution in [-0.2, 0) is 16.9 Å². The van der Waals surface area contributed by atoms with Crippen molar-refractivity contribution in [1.82, 2.24) is 14.8 Å². The van der Waals surface area contributed by atoms with E-state index in [4.69, 9.17) is 4.74 Å². The zero-order valence-corrected chi connectivity index (χ0v) is 11.2. The molecular weight excluding hydrogens is 245 g/mol. The van der Waals surface area contributed by atoms with Gasteiger partial charge in [0.15, 0.2) is 0 Å². The van der Waals surface area contributed by atoms with Gasteiger partial charge in [0.25, 0.3) is 0 Å². The Morgan fingerprint density at radius 2 is 2.11 bits per heavy atom. The Labute approximate surface area is 111 Å². The van der Waals surface area contributed by atoms with Gasteiger partial charge in [0.1, 0.15) is 24.1 Å². The fourth-order valence-electron chi connectivity index (χ4n) is 2.65. The Morgan fingerprint density at radius 3 is 2.68 bits per heavy atom. The van der Waals surface area contributed by atoms with E-state index >= 15 is 0 Å². The first-order valence-electron chi connectivity index (χ1n) is 6.30. The molecule has 0 spiro atoms. The van der Waals surface area contributed by atoms with Crippen molar-refractivity contribution in [3.05, 3.63) is 47.3 Å². The van der Waals surface area contributed by atoms with Crippen molar-refractivity contribution >= 4 is 0 Å². The van der Waals surface area contributed by atoms with Gasteiger partial charge < -0.3 is 4.74 Å². The molecule has 2 heterocycles. The SMILES string of the molecule is Cc1cc(C)c([C@]2(Cn3cncn3)O[C@H]2C)cc1F. The van der Waals surface area contributed by atoms with Crippen LogP contribution >= 0.6 is 0 Å². The summed E-state index contributed by atoms with van der Waals surface area (Å²) in [7, 11) is 0. The highest BCUT2D eigenvalue weighted by atomic mass is 19.1. The maximum Gasteiger partial charge on any atom is 0.139 e. The summed E-state index contributed by atoms with van der Waals surface area (Å²) >= 11 is 0. The Kier molecular flexibility index (Phi) is 2.67. The second kappa shape index (κ2) is 4.13. The monoisotopic (exact) mass is 261 g/mol. The van der Waals surface area contributed by atoms with Crippen LogP contribution in [0.1, 0.15) is 23.6 Å². The highest BCUT2D eigenvalue weighted by molar-refractivity contribution is 5.39.